The number of hydrogen-bond donors (Lipinski definition) is 0. The van der Waals surface area contributed by atoms with E-state index >= 15 is 0 Å². The highest BCUT2D eigenvalue weighted by atomic mass is 16.3. The van der Waals surface area contributed by atoms with Crippen LogP contribution in [0.25, 0.3) is 142 Å². The highest BCUT2D eigenvalue weighted by molar-refractivity contribution is 6.19. The van der Waals surface area contributed by atoms with Crippen LogP contribution < -0.4 is 9.80 Å². The molecule has 0 saturated carbocycles. The Kier molecular flexibility index (Phi) is 12.1. The second-order valence-corrected chi connectivity index (χ2v) is 25.6. The fraction of sp³-hybridized carbons (Fsp3) is 0.0455. The number of furan rings is 2. The zero-order valence-corrected chi connectivity index (χ0v) is 51.2. The zero-order valence-electron chi connectivity index (χ0n) is 51.2. The van der Waals surface area contributed by atoms with Gasteiger partial charge >= 0.3 is 0 Å². The molecule has 2 heterocycles. The standard InChI is InChI=1S/C88H60N2O2/c1-88(2,3)64-33-39-67(40-34-64)89(65-35-27-55(28-36-65)59-31-47-85-82(52-59)78-19-10-11-22-84(78)91-85)70-43-46-75-63(51-70)54-81(77-18-9-8-17-76(75)77)79-20-12-21-80-83-53-60(32-48-86(83)92-87(79)80)56-29-37-66(38-30-56)90(68-41-44-73-61(49-68)25-23-57-13-4-6-15-71(57)73)69-42-45-74-62(50-69)26-24-58-14-5-7-16-72(58)74/h4-54H,1-3H3. The lowest BCUT2D eigenvalue weighted by Crippen LogP contribution is -2.13. The summed E-state index contributed by atoms with van der Waals surface area (Å²) >= 11 is 0. The Bertz CT molecular complexity index is 5870. The van der Waals surface area contributed by atoms with Crippen LogP contribution in [0.4, 0.5) is 34.1 Å². The van der Waals surface area contributed by atoms with Crippen molar-refractivity contribution >= 4 is 143 Å². The van der Waals surface area contributed by atoms with Gasteiger partial charge in [0.25, 0.3) is 0 Å². The first kappa shape index (κ1) is 53.3. The van der Waals surface area contributed by atoms with Gasteiger partial charge in [0.2, 0.25) is 0 Å². The molecular weight excluding hydrogens is 1120 g/mol. The zero-order chi connectivity index (χ0) is 61.2. The molecule has 4 nitrogen and oxygen atoms in total. The first-order valence-corrected chi connectivity index (χ1v) is 31.8. The number of hydrogen-bond acceptors (Lipinski definition) is 4. The molecule has 0 aliphatic rings. The monoisotopic (exact) mass is 1180 g/mol. The molecule has 4 heteroatoms. The van der Waals surface area contributed by atoms with E-state index in [1.807, 2.05) is 12.1 Å². The number of rotatable bonds is 9. The van der Waals surface area contributed by atoms with Crippen molar-refractivity contribution in [3.05, 3.63) is 315 Å². The van der Waals surface area contributed by atoms with E-state index in [1.165, 1.54) is 64.8 Å². The Hall–Kier alpha value is -11.7. The van der Waals surface area contributed by atoms with Gasteiger partial charge in [0.05, 0.1) is 0 Å². The molecule has 0 aliphatic carbocycles. The Balaban J connectivity index is 0.713. The molecule has 92 heavy (non-hydrogen) atoms. The van der Waals surface area contributed by atoms with Gasteiger partial charge in [-0.15, -0.1) is 0 Å². The molecule has 0 atom stereocenters. The lowest BCUT2D eigenvalue weighted by molar-refractivity contribution is 0.590. The van der Waals surface area contributed by atoms with Crippen LogP contribution >= 0.6 is 0 Å². The Morgan fingerprint density at radius 3 is 1.21 bits per heavy atom. The van der Waals surface area contributed by atoms with E-state index in [4.69, 9.17) is 8.83 Å². The molecule has 0 fully saturated rings. The first-order chi connectivity index (χ1) is 45.2. The third-order valence-corrected chi connectivity index (χ3v) is 19.1. The van der Waals surface area contributed by atoms with Crippen LogP contribution in [-0.2, 0) is 5.41 Å². The first-order valence-electron chi connectivity index (χ1n) is 31.8. The quantitative estimate of drug-likeness (QED) is 0.135. The Morgan fingerprint density at radius 1 is 0.228 bits per heavy atom. The third-order valence-electron chi connectivity index (χ3n) is 19.1. The summed E-state index contributed by atoms with van der Waals surface area (Å²) in [6.07, 6.45) is 0. The molecule has 0 bridgehead atoms. The van der Waals surface area contributed by atoms with Crippen molar-refractivity contribution in [3.8, 4) is 33.4 Å². The number of para-hydroxylation sites is 2. The van der Waals surface area contributed by atoms with Crippen molar-refractivity contribution in [1.29, 1.82) is 0 Å². The van der Waals surface area contributed by atoms with Gasteiger partial charge in [0, 0.05) is 61.2 Å². The van der Waals surface area contributed by atoms with Crippen molar-refractivity contribution in [2.45, 2.75) is 26.2 Å². The minimum atomic E-state index is 0.0152. The van der Waals surface area contributed by atoms with E-state index in [1.54, 1.807) is 0 Å². The molecule has 0 aliphatic heterocycles. The molecule has 16 aromatic carbocycles. The molecule has 18 rings (SSSR count). The summed E-state index contributed by atoms with van der Waals surface area (Å²) in [5.74, 6) is 0. The smallest absolute Gasteiger partial charge is 0.143 e. The molecule has 18 aromatic rings. The minimum absolute atomic E-state index is 0.0152. The summed E-state index contributed by atoms with van der Waals surface area (Å²) in [7, 11) is 0. The predicted molar refractivity (Wildman–Crippen MR) is 390 cm³/mol. The minimum Gasteiger partial charge on any atom is -0.456 e. The van der Waals surface area contributed by atoms with E-state index in [0.717, 1.165) is 117 Å². The lowest BCUT2D eigenvalue weighted by Gasteiger charge is -2.27. The largest absolute Gasteiger partial charge is 0.456 e. The van der Waals surface area contributed by atoms with Crippen molar-refractivity contribution < 1.29 is 8.83 Å². The van der Waals surface area contributed by atoms with Crippen LogP contribution in [0.2, 0.25) is 0 Å². The molecular formula is C88H60N2O2. The van der Waals surface area contributed by atoms with Crippen LogP contribution in [0.15, 0.2) is 318 Å². The van der Waals surface area contributed by atoms with Gasteiger partial charge in [-0.05, 0) is 213 Å². The molecule has 0 amide bonds. The Labute approximate surface area is 532 Å². The molecule has 2 aromatic heterocycles. The summed E-state index contributed by atoms with van der Waals surface area (Å²) < 4.78 is 13.2. The number of fused-ring (bicyclic) bond motifs is 15. The van der Waals surface area contributed by atoms with Crippen molar-refractivity contribution in [2.24, 2.45) is 0 Å². The maximum absolute atomic E-state index is 7.02. The molecule has 434 valence electrons. The van der Waals surface area contributed by atoms with E-state index in [0.29, 0.717) is 0 Å². The van der Waals surface area contributed by atoms with Gasteiger partial charge in [0.15, 0.2) is 0 Å². The summed E-state index contributed by atoms with van der Waals surface area (Å²) in [5, 5.41) is 19.0. The van der Waals surface area contributed by atoms with E-state index in [-0.39, 0.29) is 5.41 Å². The normalized spacial score (nSPS) is 12.1. The number of nitrogens with zero attached hydrogens (tertiary/aromatic N) is 2. The molecule has 0 N–H and O–H groups in total. The third kappa shape index (κ3) is 8.89. The van der Waals surface area contributed by atoms with Gasteiger partial charge in [-0.1, -0.05) is 221 Å². The second-order valence-electron chi connectivity index (χ2n) is 25.6. The van der Waals surface area contributed by atoms with E-state index < -0.39 is 0 Å². The summed E-state index contributed by atoms with van der Waals surface area (Å²) in [6.45, 7) is 6.81. The second kappa shape index (κ2) is 20.9. The fourth-order valence-corrected chi connectivity index (χ4v) is 14.4. The van der Waals surface area contributed by atoms with Crippen LogP contribution in [-0.4, -0.2) is 0 Å². The number of anilines is 6. The van der Waals surface area contributed by atoms with Crippen LogP contribution in [0.1, 0.15) is 26.3 Å². The van der Waals surface area contributed by atoms with Crippen LogP contribution in [0.3, 0.4) is 0 Å². The number of benzene rings is 16. The van der Waals surface area contributed by atoms with Gasteiger partial charge in [-0.25, -0.2) is 0 Å². The highest BCUT2D eigenvalue weighted by Crippen LogP contribution is 2.46. The maximum Gasteiger partial charge on any atom is 0.143 e. The highest BCUT2D eigenvalue weighted by Gasteiger charge is 2.22. The summed E-state index contributed by atoms with van der Waals surface area (Å²) in [5.41, 5.74) is 18.1. The van der Waals surface area contributed by atoms with Gasteiger partial charge in [0.1, 0.15) is 22.3 Å². The van der Waals surface area contributed by atoms with Gasteiger partial charge in [-0.3, -0.25) is 0 Å². The molecule has 0 spiro atoms. The molecule has 0 radical (unpaired) electrons. The van der Waals surface area contributed by atoms with Gasteiger partial charge in [-0.2, -0.15) is 0 Å². The van der Waals surface area contributed by atoms with Crippen molar-refractivity contribution in [3.63, 3.8) is 0 Å². The van der Waals surface area contributed by atoms with E-state index in [9.17, 15) is 0 Å². The SMILES string of the molecule is CC(C)(C)c1ccc(N(c2ccc(-c3ccc4oc5ccccc5c4c3)cc2)c2ccc3c(c2)cc(-c2cccc4c2oc2ccc(-c5ccc(N(c6ccc7c(ccc8ccccc87)c6)c6ccc7c(ccc8ccccc87)c6)cc5)cc24)c2ccccc23)cc1. The average Bonchev–Trinajstić information content (AvgIpc) is 1.86. The average molecular weight is 1180 g/mol. The summed E-state index contributed by atoms with van der Waals surface area (Å²) in [4.78, 5) is 4.78. The van der Waals surface area contributed by atoms with Crippen molar-refractivity contribution in [2.75, 3.05) is 9.80 Å². The van der Waals surface area contributed by atoms with Crippen LogP contribution in [0.5, 0.6) is 0 Å². The fourth-order valence-electron chi connectivity index (χ4n) is 14.4. The van der Waals surface area contributed by atoms with Crippen LogP contribution in [0, 0.1) is 0 Å². The molecule has 0 saturated heterocycles. The van der Waals surface area contributed by atoms with Gasteiger partial charge < -0.3 is 18.6 Å². The maximum atomic E-state index is 7.02. The predicted octanol–water partition coefficient (Wildman–Crippen LogP) is 25.6. The topological polar surface area (TPSA) is 32.8 Å². The summed E-state index contributed by atoms with van der Waals surface area (Å²) in [6, 6.07) is 113. The van der Waals surface area contributed by atoms with Crippen molar-refractivity contribution in [1.82, 2.24) is 0 Å². The molecule has 0 unspecified atom stereocenters. The Morgan fingerprint density at radius 2 is 0.630 bits per heavy atom. The lowest BCUT2D eigenvalue weighted by atomic mass is 9.87. The van der Waals surface area contributed by atoms with E-state index in [2.05, 4.69) is 328 Å².